The Morgan fingerprint density at radius 3 is 2.75 bits per heavy atom. The van der Waals surface area contributed by atoms with Gasteiger partial charge in [-0.2, -0.15) is 0 Å². The molecule has 1 N–H and O–H groups in total. The van der Waals surface area contributed by atoms with Gasteiger partial charge in [0.25, 0.3) is 0 Å². The van der Waals surface area contributed by atoms with Crippen molar-refractivity contribution in [3.8, 4) is 0 Å². The number of nitrogens with one attached hydrogen (secondary N) is 1. The van der Waals surface area contributed by atoms with E-state index in [2.05, 4.69) is 24.2 Å². The molecule has 0 aromatic carbocycles. The minimum atomic E-state index is 0.776. The van der Waals surface area contributed by atoms with Gasteiger partial charge in [0, 0.05) is 18.1 Å². The van der Waals surface area contributed by atoms with Crippen LogP contribution in [0.3, 0.4) is 0 Å². The Balaban J connectivity index is 1.93. The summed E-state index contributed by atoms with van der Waals surface area (Å²) in [4.78, 5) is 2.84. The summed E-state index contributed by atoms with van der Waals surface area (Å²) in [7, 11) is 2.13. The van der Waals surface area contributed by atoms with E-state index in [0.717, 1.165) is 18.1 Å². The van der Waals surface area contributed by atoms with Crippen molar-refractivity contribution in [1.82, 2.24) is 10.2 Å². The maximum absolute atomic E-state index is 3.48. The van der Waals surface area contributed by atoms with Crippen molar-refractivity contribution >= 4 is 0 Å². The molecule has 2 heteroatoms. The lowest BCUT2D eigenvalue weighted by Gasteiger charge is -2.44. The first-order valence-corrected chi connectivity index (χ1v) is 7.28. The summed E-state index contributed by atoms with van der Waals surface area (Å²) in [6, 6.07) is 2.53. The zero-order valence-electron chi connectivity index (χ0n) is 11.0. The molecule has 2 fully saturated rings. The average Bonchev–Trinajstić information content (AvgIpc) is 2.38. The van der Waals surface area contributed by atoms with E-state index >= 15 is 0 Å². The first-order chi connectivity index (χ1) is 7.85. The largest absolute Gasteiger partial charge is 0.317 e. The van der Waals surface area contributed by atoms with Crippen LogP contribution in [-0.4, -0.2) is 36.6 Å². The zero-order chi connectivity index (χ0) is 11.4. The highest BCUT2D eigenvalue weighted by Crippen LogP contribution is 2.29. The van der Waals surface area contributed by atoms with Gasteiger partial charge in [0.1, 0.15) is 0 Å². The Morgan fingerprint density at radius 1 is 1.12 bits per heavy atom. The van der Waals surface area contributed by atoms with Crippen LogP contribution in [0.5, 0.6) is 0 Å². The van der Waals surface area contributed by atoms with Crippen LogP contribution in [0.4, 0.5) is 0 Å². The molecule has 1 saturated heterocycles. The van der Waals surface area contributed by atoms with Gasteiger partial charge < -0.3 is 5.32 Å². The molecule has 1 heterocycles. The number of hydrogen-bond donors (Lipinski definition) is 1. The second-order valence-electron chi connectivity index (χ2n) is 5.60. The lowest BCUT2D eigenvalue weighted by Crippen LogP contribution is -2.50. The summed E-state index contributed by atoms with van der Waals surface area (Å²) >= 11 is 0. The monoisotopic (exact) mass is 224 g/mol. The molecule has 3 atom stereocenters. The van der Waals surface area contributed by atoms with E-state index in [1.54, 1.807) is 0 Å². The van der Waals surface area contributed by atoms with Crippen molar-refractivity contribution in [2.75, 3.05) is 13.6 Å². The lowest BCUT2D eigenvalue weighted by atomic mass is 9.87. The molecule has 3 unspecified atom stereocenters. The van der Waals surface area contributed by atoms with Crippen LogP contribution in [0.25, 0.3) is 0 Å². The van der Waals surface area contributed by atoms with E-state index in [4.69, 9.17) is 0 Å². The van der Waals surface area contributed by atoms with E-state index in [1.165, 1.54) is 57.9 Å². The quantitative estimate of drug-likeness (QED) is 0.793. The van der Waals surface area contributed by atoms with Crippen LogP contribution in [0.2, 0.25) is 0 Å². The van der Waals surface area contributed by atoms with Crippen LogP contribution >= 0.6 is 0 Å². The Bertz CT molecular complexity index is 205. The molecule has 0 bridgehead atoms. The molecule has 2 rings (SSSR count). The van der Waals surface area contributed by atoms with Crippen LogP contribution in [-0.2, 0) is 0 Å². The van der Waals surface area contributed by atoms with Crippen LogP contribution in [0, 0.1) is 0 Å². The van der Waals surface area contributed by atoms with Crippen molar-refractivity contribution in [1.29, 1.82) is 0 Å². The molecule has 2 aliphatic rings. The number of piperidine rings is 1. The molecule has 0 aromatic heterocycles. The summed E-state index contributed by atoms with van der Waals surface area (Å²) in [5.74, 6) is 0. The first kappa shape index (κ1) is 12.4. The van der Waals surface area contributed by atoms with Crippen LogP contribution < -0.4 is 5.32 Å². The van der Waals surface area contributed by atoms with Gasteiger partial charge in [-0.15, -0.1) is 0 Å². The van der Waals surface area contributed by atoms with Gasteiger partial charge in [0.15, 0.2) is 0 Å². The van der Waals surface area contributed by atoms with E-state index in [9.17, 15) is 0 Å². The summed E-state index contributed by atoms with van der Waals surface area (Å²) in [5.41, 5.74) is 0. The number of nitrogens with zero attached hydrogens (tertiary/aromatic N) is 1. The number of rotatable bonds is 3. The summed E-state index contributed by atoms with van der Waals surface area (Å²) < 4.78 is 0. The SMILES string of the molecule is CCC1CCCCN1C1CCCC(NC)C1. The highest BCUT2D eigenvalue weighted by Gasteiger charge is 2.31. The van der Waals surface area contributed by atoms with Crippen molar-refractivity contribution in [3.05, 3.63) is 0 Å². The van der Waals surface area contributed by atoms with Crippen molar-refractivity contribution in [3.63, 3.8) is 0 Å². The molecule has 0 radical (unpaired) electrons. The smallest absolute Gasteiger partial charge is 0.0113 e. The Hall–Kier alpha value is -0.0800. The standard InChI is InChI=1S/C14H28N2/c1-3-13-8-4-5-10-16(13)14-9-6-7-12(11-14)15-2/h12-15H,3-11H2,1-2H3. The number of hydrogen-bond acceptors (Lipinski definition) is 2. The first-order valence-electron chi connectivity index (χ1n) is 7.28. The summed E-state index contributed by atoms with van der Waals surface area (Å²) in [5, 5.41) is 3.48. The molecule has 16 heavy (non-hydrogen) atoms. The van der Waals surface area contributed by atoms with Crippen LogP contribution in [0.1, 0.15) is 58.3 Å². The Kier molecular flexibility index (Phi) is 4.66. The molecule has 0 aromatic rings. The zero-order valence-corrected chi connectivity index (χ0v) is 11.0. The normalized spacial score (nSPS) is 37.5. The third kappa shape index (κ3) is 2.78. The lowest BCUT2D eigenvalue weighted by molar-refractivity contribution is 0.0630. The fraction of sp³-hybridized carbons (Fsp3) is 1.00. The minimum absolute atomic E-state index is 0.776. The van der Waals surface area contributed by atoms with Crippen molar-refractivity contribution in [2.45, 2.75) is 76.4 Å². The van der Waals surface area contributed by atoms with Gasteiger partial charge in [-0.1, -0.05) is 19.8 Å². The van der Waals surface area contributed by atoms with Crippen molar-refractivity contribution < 1.29 is 0 Å². The Morgan fingerprint density at radius 2 is 2.00 bits per heavy atom. The summed E-state index contributed by atoms with van der Waals surface area (Å²) in [6.45, 7) is 3.72. The molecule has 0 amide bonds. The third-order valence-electron chi connectivity index (χ3n) is 4.67. The van der Waals surface area contributed by atoms with Crippen molar-refractivity contribution in [2.24, 2.45) is 0 Å². The molecule has 2 nitrogen and oxygen atoms in total. The minimum Gasteiger partial charge on any atom is -0.317 e. The third-order valence-corrected chi connectivity index (χ3v) is 4.67. The topological polar surface area (TPSA) is 15.3 Å². The molecule has 1 aliphatic heterocycles. The predicted molar refractivity (Wildman–Crippen MR) is 69.7 cm³/mol. The second-order valence-corrected chi connectivity index (χ2v) is 5.60. The van der Waals surface area contributed by atoms with Gasteiger partial charge in [0.2, 0.25) is 0 Å². The van der Waals surface area contributed by atoms with Gasteiger partial charge in [-0.05, 0) is 52.1 Å². The van der Waals surface area contributed by atoms with E-state index < -0.39 is 0 Å². The molecule has 1 aliphatic carbocycles. The highest BCUT2D eigenvalue weighted by atomic mass is 15.2. The fourth-order valence-corrected chi connectivity index (χ4v) is 3.67. The number of likely N-dealkylation sites (tertiary alicyclic amines) is 1. The van der Waals surface area contributed by atoms with Crippen LogP contribution in [0.15, 0.2) is 0 Å². The Labute approximate surface area is 101 Å². The predicted octanol–water partition coefficient (Wildman–Crippen LogP) is 2.78. The maximum atomic E-state index is 3.48. The second kappa shape index (κ2) is 6.02. The van der Waals surface area contributed by atoms with Gasteiger partial charge in [-0.25, -0.2) is 0 Å². The molecular weight excluding hydrogens is 196 g/mol. The molecule has 0 spiro atoms. The van der Waals surface area contributed by atoms with E-state index in [1.807, 2.05) is 0 Å². The molecule has 94 valence electrons. The molecular formula is C14H28N2. The average molecular weight is 224 g/mol. The maximum Gasteiger partial charge on any atom is 0.0113 e. The van der Waals surface area contributed by atoms with E-state index in [0.29, 0.717) is 0 Å². The van der Waals surface area contributed by atoms with Gasteiger partial charge in [-0.3, -0.25) is 4.90 Å². The fourth-order valence-electron chi connectivity index (χ4n) is 3.67. The summed E-state index contributed by atoms with van der Waals surface area (Å²) in [6.07, 6.45) is 11.3. The van der Waals surface area contributed by atoms with E-state index in [-0.39, 0.29) is 0 Å². The molecule has 1 saturated carbocycles. The van der Waals surface area contributed by atoms with Gasteiger partial charge >= 0.3 is 0 Å². The van der Waals surface area contributed by atoms with Gasteiger partial charge in [0.05, 0.1) is 0 Å². The highest BCUT2D eigenvalue weighted by molar-refractivity contribution is 4.88.